The van der Waals surface area contributed by atoms with Crippen LogP contribution in [-0.2, 0) is 10.0 Å². The molecule has 0 aliphatic heterocycles. The highest BCUT2D eigenvalue weighted by Crippen LogP contribution is 2.26. The number of aromatic nitrogens is 4. The second-order valence-electron chi connectivity index (χ2n) is 7.78. The molecular formula is C25H21N5O3S. The van der Waals surface area contributed by atoms with Crippen molar-refractivity contribution in [2.24, 2.45) is 0 Å². The van der Waals surface area contributed by atoms with Crippen LogP contribution in [0.25, 0.3) is 16.6 Å². The first kappa shape index (κ1) is 21.6. The molecule has 5 aromatic rings. The van der Waals surface area contributed by atoms with Gasteiger partial charge in [0, 0.05) is 22.8 Å². The number of benzene rings is 3. The van der Waals surface area contributed by atoms with Gasteiger partial charge in [0.15, 0.2) is 5.82 Å². The maximum Gasteiger partial charge on any atom is 0.262 e. The van der Waals surface area contributed by atoms with E-state index in [1.807, 2.05) is 44.2 Å². The van der Waals surface area contributed by atoms with Gasteiger partial charge in [-0.05, 0) is 61.7 Å². The van der Waals surface area contributed by atoms with Crippen molar-refractivity contribution >= 4 is 26.5 Å². The standard InChI is InChI=1S/C25H21N5O3S/c1-17-16-18(2)30(28-17)24-14-15-25(27-26-24)33-21-12-10-20(11-13-21)29-34(31,32)23-9-5-7-19-6-3-4-8-22(19)23/h3-16,29H,1-2H3. The quantitative estimate of drug-likeness (QED) is 0.373. The topological polar surface area (TPSA) is 99.0 Å². The molecule has 0 amide bonds. The SMILES string of the molecule is Cc1cc(C)n(-c2ccc(Oc3ccc(NS(=O)(=O)c4cccc5ccccc45)cc3)nn2)n1. The van der Waals surface area contributed by atoms with Crippen LogP contribution in [0.4, 0.5) is 5.69 Å². The number of aryl methyl sites for hydroxylation is 2. The first-order chi connectivity index (χ1) is 16.4. The van der Waals surface area contributed by atoms with E-state index in [-0.39, 0.29) is 4.90 Å². The molecule has 5 rings (SSSR count). The molecule has 9 heteroatoms. The summed E-state index contributed by atoms with van der Waals surface area (Å²) in [5.41, 5.74) is 2.28. The van der Waals surface area contributed by atoms with Crippen molar-refractivity contribution in [3.05, 3.63) is 96.3 Å². The summed E-state index contributed by atoms with van der Waals surface area (Å²) in [5, 5.41) is 14.2. The number of rotatable bonds is 6. The fraction of sp³-hybridized carbons (Fsp3) is 0.0800. The molecular weight excluding hydrogens is 450 g/mol. The van der Waals surface area contributed by atoms with Gasteiger partial charge in [0.1, 0.15) is 5.75 Å². The third kappa shape index (κ3) is 4.33. The third-order valence-corrected chi connectivity index (χ3v) is 6.66. The minimum Gasteiger partial charge on any atom is -0.438 e. The van der Waals surface area contributed by atoms with Gasteiger partial charge in [-0.25, -0.2) is 13.1 Å². The van der Waals surface area contributed by atoms with E-state index in [9.17, 15) is 8.42 Å². The number of ether oxygens (including phenoxy) is 1. The number of nitrogens with one attached hydrogen (secondary N) is 1. The van der Waals surface area contributed by atoms with Gasteiger partial charge in [0.25, 0.3) is 10.0 Å². The average Bonchev–Trinajstić information content (AvgIpc) is 3.18. The van der Waals surface area contributed by atoms with Gasteiger partial charge in [-0.2, -0.15) is 5.10 Å². The predicted molar refractivity (Wildman–Crippen MR) is 130 cm³/mol. The lowest BCUT2D eigenvalue weighted by Crippen LogP contribution is -2.13. The van der Waals surface area contributed by atoms with Crippen molar-refractivity contribution in [1.29, 1.82) is 0 Å². The molecule has 0 radical (unpaired) electrons. The van der Waals surface area contributed by atoms with Crippen molar-refractivity contribution in [2.75, 3.05) is 4.72 Å². The Hall–Kier alpha value is -4.24. The summed E-state index contributed by atoms with van der Waals surface area (Å²) in [6.07, 6.45) is 0. The summed E-state index contributed by atoms with van der Waals surface area (Å²) in [7, 11) is -3.77. The molecule has 0 aliphatic carbocycles. The molecule has 170 valence electrons. The number of anilines is 1. The molecule has 8 nitrogen and oxygen atoms in total. The van der Waals surface area contributed by atoms with E-state index in [2.05, 4.69) is 20.0 Å². The first-order valence-electron chi connectivity index (χ1n) is 10.5. The van der Waals surface area contributed by atoms with Gasteiger partial charge >= 0.3 is 0 Å². The Labute approximate surface area is 196 Å². The average molecular weight is 472 g/mol. The summed E-state index contributed by atoms with van der Waals surface area (Å²) < 4.78 is 36.1. The molecule has 0 saturated carbocycles. The zero-order valence-electron chi connectivity index (χ0n) is 18.5. The summed E-state index contributed by atoms with van der Waals surface area (Å²) in [5.74, 6) is 1.41. The highest BCUT2D eigenvalue weighted by Gasteiger charge is 2.17. The van der Waals surface area contributed by atoms with E-state index in [1.165, 1.54) is 0 Å². The number of sulfonamides is 1. The molecule has 0 fully saturated rings. The number of hydrogen-bond acceptors (Lipinski definition) is 6. The fourth-order valence-corrected chi connectivity index (χ4v) is 4.98. The Bertz CT molecular complexity index is 1570. The summed E-state index contributed by atoms with van der Waals surface area (Å²) in [6.45, 7) is 3.86. The molecule has 0 spiro atoms. The lowest BCUT2D eigenvalue weighted by atomic mass is 10.1. The highest BCUT2D eigenvalue weighted by atomic mass is 32.2. The van der Waals surface area contributed by atoms with Crippen molar-refractivity contribution < 1.29 is 13.2 Å². The molecule has 0 bridgehead atoms. The van der Waals surface area contributed by atoms with Crippen LogP contribution >= 0.6 is 0 Å². The normalized spacial score (nSPS) is 11.5. The van der Waals surface area contributed by atoms with Crippen LogP contribution in [0, 0.1) is 13.8 Å². The van der Waals surface area contributed by atoms with E-state index in [0.717, 1.165) is 16.8 Å². The van der Waals surface area contributed by atoms with Gasteiger partial charge in [-0.3, -0.25) is 4.72 Å². The molecule has 2 aromatic heterocycles. The van der Waals surface area contributed by atoms with Crippen LogP contribution in [0.15, 0.2) is 89.8 Å². The zero-order chi connectivity index (χ0) is 23.7. The Balaban J connectivity index is 1.30. The third-order valence-electron chi connectivity index (χ3n) is 5.22. The fourth-order valence-electron chi connectivity index (χ4n) is 3.69. The van der Waals surface area contributed by atoms with Crippen LogP contribution in [0.5, 0.6) is 11.6 Å². The Morgan fingerprint density at radius 2 is 1.62 bits per heavy atom. The van der Waals surface area contributed by atoms with E-state index in [4.69, 9.17) is 4.74 Å². The van der Waals surface area contributed by atoms with Crippen LogP contribution < -0.4 is 9.46 Å². The van der Waals surface area contributed by atoms with Crippen LogP contribution in [-0.4, -0.2) is 28.4 Å². The maximum absolute atomic E-state index is 13.0. The van der Waals surface area contributed by atoms with Gasteiger partial charge in [0.2, 0.25) is 5.88 Å². The smallest absolute Gasteiger partial charge is 0.262 e. The number of fused-ring (bicyclic) bond motifs is 1. The van der Waals surface area contributed by atoms with Crippen molar-refractivity contribution in [2.45, 2.75) is 18.7 Å². The molecule has 0 aliphatic rings. The minimum absolute atomic E-state index is 0.226. The lowest BCUT2D eigenvalue weighted by Gasteiger charge is -2.11. The van der Waals surface area contributed by atoms with E-state index >= 15 is 0 Å². The van der Waals surface area contributed by atoms with Crippen LogP contribution in [0.1, 0.15) is 11.4 Å². The molecule has 0 saturated heterocycles. The van der Waals surface area contributed by atoms with Crippen LogP contribution in [0.3, 0.4) is 0 Å². The Morgan fingerprint density at radius 3 is 2.32 bits per heavy atom. The Morgan fingerprint density at radius 1 is 0.853 bits per heavy atom. The van der Waals surface area contributed by atoms with Gasteiger partial charge < -0.3 is 4.74 Å². The molecule has 0 unspecified atom stereocenters. The summed E-state index contributed by atoms with van der Waals surface area (Å²) >= 11 is 0. The van der Waals surface area contributed by atoms with Gasteiger partial charge in [-0.15, -0.1) is 10.2 Å². The van der Waals surface area contributed by atoms with Crippen molar-refractivity contribution in [1.82, 2.24) is 20.0 Å². The largest absolute Gasteiger partial charge is 0.438 e. The molecule has 34 heavy (non-hydrogen) atoms. The van der Waals surface area contributed by atoms with Gasteiger partial charge in [0.05, 0.1) is 10.6 Å². The minimum atomic E-state index is -3.77. The van der Waals surface area contributed by atoms with Gasteiger partial charge in [-0.1, -0.05) is 36.4 Å². The highest BCUT2D eigenvalue weighted by molar-refractivity contribution is 7.93. The number of hydrogen-bond donors (Lipinski definition) is 1. The van der Waals surface area contributed by atoms with Crippen molar-refractivity contribution in [3.8, 4) is 17.4 Å². The first-order valence-corrected chi connectivity index (χ1v) is 12.0. The predicted octanol–water partition coefficient (Wildman–Crippen LogP) is 5.03. The second-order valence-corrected chi connectivity index (χ2v) is 9.43. The maximum atomic E-state index is 13.0. The van der Waals surface area contributed by atoms with Crippen molar-refractivity contribution in [3.63, 3.8) is 0 Å². The summed E-state index contributed by atoms with van der Waals surface area (Å²) in [6, 6.07) is 24.6. The van der Waals surface area contributed by atoms with Crippen LogP contribution in [0.2, 0.25) is 0 Å². The molecule has 3 aromatic carbocycles. The molecule has 1 N–H and O–H groups in total. The second kappa shape index (κ2) is 8.60. The molecule has 0 atom stereocenters. The van der Waals surface area contributed by atoms with E-state index in [1.54, 1.807) is 59.3 Å². The Kier molecular flexibility index (Phi) is 5.46. The van der Waals surface area contributed by atoms with E-state index < -0.39 is 10.0 Å². The summed E-state index contributed by atoms with van der Waals surface area (Å²) in [4.78, 5) is 0.226. The number of nitrogens with zero attached hydrogens (tertiary/aromatic N) is 4. The zero-order valence-corrected chi connectivity index (χ0v) is 19.3. The van der Waals surface area contributed by atoms with E-state index in [0.29, 0.717) is 28.5 Å². The lowest BCUT2D eigenvalue weighted by molar-refractivity contribution is 0.454. The molecule has 2 heterocycles. The monoisotopic (exact) mass is 471 g/mol.